The molecule has 1 aliphatic rings. The zero-order valence-electron chi connectivity index (χ0n) is 21.7. The van der Waals surface area contributed by atoms with E-state index in [2.05, 4.69) is 22.8 Å². The van der Waals surface area contributed by atoms with E-state index in [0.29, 0.717) is 11.3 Å². The molecule has 0 spiro atoms. The van der Waals surface area contributed by atoms with Crippen molar-refractivity contribution in [3.8, 4) is 11.1 Å². The number of rotatable bonds is 9. The lowest BCUT2D eigenvalue weighted by molar-refractivity contribution is -0.133. The quantitative estimate of drug-likeness (QED) is 0.319. The van der Waals surface area contributed by atoms with Gasteiger partial charge in [-0.2, -0.15) is 0 Å². The maximum atomic E-state index is 13.0. The average molecular weight is 516 g/mol. The van der Waals surface area contributed by atoms with Crippen LogP contribution in [0.25, 0.3) is 11.1 Å². The Kier molecular flexibility index (Phi) is 8.12. The van der Waals surface area contributed by atoms with Gasteiger partial charge in [-0.3, -0.25) is 9.59 Å². The van der Waals surface area contributed by atoms with Crippen molar-refractivity contribution in [1.29, 1.82) is 0 Å². The van der Waals surface area contributed by atoms with Crippen LogP contribution in [-0.2, 0) is 14.3 Å². The van der Waals surface area contributed by atoms with Gasteiger partial charge in [-0.15, -0.1) is 0 Å². The second-order valence-corrected chi connectivity index (χ2v) is 9.89. The molecule has 0 saturated carbocycles. The standard InChI is InChI=1S/C30H33N3O5/c1-17(2)26(29(36)32-18(3)27(34)28(35)19-12-14-20(31)15-13-19)33-30(37)38-16-25-23-10-6-4-8-21(23)22-9-5-7-11-24(22)25/h4-15,17-18,25-26,28,35H,16,31H2,1-3H3,(H,32,36)(H,33,37). The van der Waals surface area contributed by atoms with Crippen LogP contribution in [0, 0.1) is 5.92 Å². The molecule has 0 aromatic heterocycles. The molecule has 1 aliphatic carbocycles. The number of aliphatic hydroxyl groups is 1. The third-order valence-corrected chi connectivity index (χ3v) is 6.87. The van der Waals surface area contributed by atoms with Gasteiger partial charge in [0.1, 0.15) is 18.8 Å². The summed E-state index contributed by atoms with van der Waals surface area (Å²) in [5.74, 6) is -1.50. The summed E-state index contributed by atoms with van der Waals surface area (Å²) in [4.78, 5) is 38.5. The van der Waals surface area contributed by atoms with E-state index in [0.717, 1.165) is 22.3 Å². The molecule has 198 valence electrons. The van der Waals surface area contributed by atoms with Crippen LogP contribution in [0.15, 0.2) is 72.8 Å². The Labute approximate surface area is 222 Å². The first-order valence-corrected chi connectivity index (χ1v) is 12.7. The van der Waals surface area contributed by atoms with Crippen molar-refractivity contribution in [2.45, 2.75) is 44.9 Å². The molecule has 0 heterocycles. The van der Waals surface area contributed by atoms with Crippen molar-refractivity contribution in [2.24, 2.45) is 5.92 Å². The molecular formula is C30H33N3O5. The summed E-state index contributed by atoms with van der Waals surface area (Å²) in [5, 5.41) is 15.7. The van der Waals surface area contributed by atoms with Gasteiger partial charge >= 0.3 is 6.09 Å². The van der Waals surface area contributed by atoms with Crippen LogP contribution in [0.1, 0.15) is 49.5 Å². The van der Waals surface area contributed by atoms with Crippen molar-refractivity contribution < 1.29 is 24.2 Å². The van der Waals surface area contributed by atoms with Crippen LogP contribution in [0.3, 0.4) is 0 Å². The molecule has 0 aliphatic heterocycles. The van der Waals surface area contributed by atoms with Gasteiger partial charge in [0.25, 0.3) is 0 Å². The molecule has 2 amide bonds. The molecule has 4 rings (SSSR count). The lowest BCUT2D eigenvalue weighted by atomic mass is 9.98. The highest BCUT2D eigenvalue weighted by Crippen LogP contribution is 2.44. The molecule has 0 radical (unpaired) electrons. The zero-order chi connectivity index (χ0) is 27.4. The number of amides is 2. The molecule has 8 heteroatoms. The van der Waals surface area contributed by atoms with Gasteiger partial charge in [0.2, 0.25) is 5.91 Å². The van der Waals surface area contributed by atoms with E-state index in [-0.39, 0.29) is 18.4 Å². The largest absolute Gasteiger partial charge is 0.449 e. The number of carbonyl (C=O) groups is 3. The summed E-state index contributed by atoms with van der Waals surface area (Å²) in [6.07, 6.45) is -2.14. The first kappa shape index (κ1) is 26.9. The number of nitrogen functional groups attached to an aromatic ring is 1. The number of ketones is 1. The Balaban J connectivity index is 1.36. The molecule has 3 aromatic carbocycles. The number of aliphatic hydroxyl groups excluding tert-OH is 1. The SMILES string of the molecule is CC(NC(=O)C(NC(=O)OCC1c2ccccc2-c2ccccc21)C(C)C)C(=O)C(O)c1ccc(N)cc1. The van der Waals surface area contributed by atoms with Crippen LogP contribution in [0.2, 0.25) is 0 Å². The lowest BCUT2D eigenvalue weighted by Crippen LogP contribution is -2.53. The first-order chi connectivity index (χ1) is 18.2. The number of nitrogens with two attached hydrogens (primary N) is 1. The van der Waals surface area contributed by atoms with Crippen LogP contribution in [0.4, 0.5) is 10.5 Å². The fourth-order valence-corrected chi connectivity index (χ4v) is 4.76. The minimum Gasteiger partial charge on any atom is -0.449 e. The number of ether oxygens (including phenoxy) is 1. The fraction of sp³-hybridized carbons (Fsp3) is 0.300. The Bertz CT molecular complexity index is 1280. The second-order valence-electron chi connectivity index (χ2n) is 9.89. The normalized spacial score (nSPS) is 14.7. The number of alkyl carbamates (subject to hydrolysis) is 1. The Morgan fingerprint density at radius 3 is 1.97 bits per heavy atom. The maximum Gasteiger partial charge on any atom is 0.407 e. The molecule has 38 heavy (non-hydrogen) atoms. The minimum atomic E-state index is -1.42. The Hall–Kier alpha value is -4.17. The second kappa shape index (κ2) is 11.5. The van der Waals surface area contributed by atoms with Crippen LogP contribution in [0.5, 0.6) is 0 Å². The topological polar surface area (TPSA) is 131 Å². The fourth-order valence-electron chi connectivity index (χ4n) is 4.76. The molecular weight excluding hydrogens is 482 g/mol. The summed E-state index contributed by atoms with van der Waals surface area (Å²) >= 11 is 0. The predicted octanol–water partition coefficient (Wildman–Crippen LogP) is 3.94. The average Bonchev–Trinajstić information content (AvgIpc) is 3.23. The van der Waals surface area contributed by atoms with Crippen LogP contribution >= 0.6 is 0 Å². The molecule has 8 nitrogen and oxygen atoms in total. The molecule has 0 bridgehead atoms. The molecule has 3 aromatic rings. The predicted molar refractivity (Wildman–Crippen MR) is 145 cm³/mol. The minimum absolute atomic E-state index is 0.105. The number of Topliss-reactive ketones (excluding diaryl/α,β-unsaturated/α-hetero) is 1. The van der Waals surface area contributed by atoms with Gasteiger partial charge in [-0.25, -0.2) is 4.79 Å². The van der Waals surface area contributed by atoms with E-state index in [1.165, 1.54) is 6.92 Å². The first-order valence-electron chi connectivity index (χ1n) is 12.7. The van der Waals surface area contributed by atoms with Crippen molar-refractivity contribution in [3.63, 3.8) is 0 Å². The smallest absolute Gasteiger partial charge is 0.407 e. The van der Waals surface area contributed by atoms with Gasteiger partial charge in [-0.1, -0.05) is 74.5 Å². The number of hydrogen-bond acceptors (Lipinski definition) is 6. The van der Waals surface area contributed by atoms with Gasteiger partial charge in [0.15, 0.2) is 5.78 Å². The number of fused-ring (bicyclic) bond motifs is 3. The van der Waals surface area contributed by atoms with E-state index >= 15 is 0 Å². The number of nitrogens with one attached hydrogen (secondary N) is 2. The van der Waals surface area contributed by atoms with Gasteiger partial charge in [-0.05, 0) is 52.8 Å². The highest BCUT2D eigenvalue weighted by atomic mass is 16.5. The van der Waals surface area contributed by atoms with Gasteiger partial charge in [0, 0.05) is 11.6 Å². The van der Waals surface area contributed by atoms with Crippen molar-refractivity contribution in [2.75, 3.05) is 12.3 Å². The maximum absolute atomic E-state index is 13.0. The van der Waals surface area contributed by atoms with Crippen molar-refractivity contribution >= 4 is 23.5 Å². The summed E-state index contributed by atoms with van der Waals surface area (Å²) in [6.45, 7) is 5.17. The molecule has 5 N–H and O–H groups in total. The Morgan fingerprint density at radius 2 is 1.42 bits per heavy atom. The van der Waals surface area contributed by atoms with Gasteiger partial charge < -0.3 is 26.2 Å². The lowest BCUT2D eigenvalue weighted by Gasteiger charge is -2.24. The van der Waals surface area contributed by atoms with Crippen LogP contribution in [-0.4, -0.2) is 41.6 Å². The molecule has 3 atom stereocenters. The highest BCUT2D eigenvalue weighted by Gasteiger charge is 2.32. The zero-order valence-corrected chi connectivity index (χ0v) is 21.7. The Morgan fingerprint density at radius 1 is 0.868 bits per heavy atom. The summed E-state index contributed by atoms with van der Waals surface area (Å²) in [7, 11) is 0. The molecule has 0 fully saturated rings. The third kappa shape index (κ3) is 5.70. The highest BCUT2D eigenvalue weighted by molar-refractivity contribution is 5.94. The summed E-state index contributed by atoms with van der Waals surface area (Å²) in [5.41, 5.74) is 11.0. The van der Waals surface area contributed by atoms with Crippen LogP contribution < -0.4 is 16.4 Å². The number of carbonyl (C=O) groups excluding carboxylic acids is 3. The number of benzene rings is 3. The van der Waals surface area contributed by atoms with E-state index in [9.17, 15) is 19.5 Å². The van der Waals surface area contributed by atoms with E-state index in [4.69, 9.17) is 10.5 Å². The van der Waals surface area contributed by atoms with E-state index < -0.39 is 36.0 Å². The van der Waals surface area contributed by atoms with Crippen molar-refractivity contribution in [1.82, 2.24) is 10.6 Å². The van der Waals surface area contributed by atoms with Gasteiger partial charge in [0.05, 0.1) is 6.04 Å². The number of hydrogen-bond donors (Lipinski definition) is 4. The van der Waals surface area contributed by atoms with E-state index in [1.54, 1.807) is 38.1 Å². The summed E-state index contributed by atoms with van der Waals surface area (Å²) in [6, 6.07) is 20.4. The third-order valence-electron chi connectivity index (χ3n) is 6.87. The monoisotopic (exact) mass is 515 g/mol. The molecule has 0 saturated heterocycles. The summed E-state index contributed by atoms with van der Waals surface area (Å²) < 4.78 is 5.58. The molecule has 3 unspecified atom stereocenters. The van der Waals surface area contributed by atoms with Crippen molar-refractivity contribution in [3.05, 3.63) is 89.5 Å². The number of anilines is 1. The van der Waals surface area contributed by atoms with E-state index in [1.807, 2.05) is 36.4 Å².